The lowest BCUT2D eigenvalue weighted by Gasteiger charge is -2.05. The fourth-order valence-electron chi connectivity index (χ4n) is 2.55. The lowest BCUT2D eigenvalue weighted by atomic mass is 10.1. The highest BCUT2D eigenvalue weighted by Gasteiger charge is 2.29. The minimum absolute atomic E-state index is 0.400. The van der Waals surface area contributed by atoms with Crippen LogP contribution in [0.15, 0.2) is 71.4 Å². The first kappa shape index (κ1) is 25.7. The number of hydrogen-bond acceptors (Lipinski definition) is 5. The van der Waals surface area contributed by atoms with Crippen molar-refractivity contribution in [3.63, 3.8) is 0 Å². The van der Waals surface area contributed by atoms with Crippen LogP contribution in [0.1, 0.15) is 23.9 Å². The van der Waals surface area contributed by atoms with Gasteiger partial charge < -0.3 is 4.85 Å². The van der Waals surface area contributed by atoms with E-state index in [1.54, 1.807) is 11.3 Å². The molecule has 0 amide bonds. The number of rotatable bonds is 4. The predicted molar refractivity (Wildman–Crippen MR) is 144 cm³/mol. The number of benzene rings is 2. The molecular weight excluding hydrogens is 547 g/mol. The van der Waals surface area contributed by atoms with Gasteiger partial charge in [-0.25, -0.2) is 16.5 Å². The van der Waals surface area contributed by atoms with E-state index in [0.717, 1.165) is 32.5 Å². The molecule has 2 heterocycles. The van der Waals surface area contributed by atoms with Crippen molar-refractivity contribution in [2.24, 2.45) is 0 Å². The number of thiazole rings is 2. The van der Waals surface area contributed by atoms with Crippen LogP contribution in [-0.2, 0) is 12.0 Å². The molecule has 0 saturated heterocycles. The largest absolute Gasteiger partial charge is 0.303 e. The van der Waals surface area contributed by atoms with Crippen LogP contribution in [0.25, 0.3) is 27.4 Å². The van der Waals surface area contributed by atoms with Crippen LogP contribution < -0.4 is 0 Å². The van der Waals surface area contributed by atoms with Gasteiger partial charge in [-0.3, -0.25) is 0 Å². The Morgan fingerprint density at radius 1 is 0.906 bits per heavy atom. The molecule has 0 radical (unpaired) electrons. The van der Waals surface area contributed by atoms with Crippen LogP contribution in [0.5, 0.6) is 0 Å². The molecular formula is C25H23IN4S2. The summed E-state index contributed by atoms with van der Waals surface area (Å²) in [6.45, 7) is 10.9. The van der Waals surface area contributed by atoms with Crippen LogP contribution in [0.3, 0.4) is 0 Å². The smallest absolute Gasteiger partial charge is 0.277 e. The van der Waals surface area contributed by atoms with Crippen molar-refractivity contribution in [2.75, 3.05) is 4.93 Å². The number of halogens is 1. The molecule has 0 N–H and O–H groups in total. The standard InChI is InChI=1S/C13H12N2S.C11H8N2S.CH3I/c1-13(2,14-3)12-15-11(9-16-12)10-7-5-4-6-8-10;12-7-6-11-13-10(8-14-11)9-4-2-1-3-5-9;1-2/h4-9H,1-2H3;1-5,8H,6H2;1H3. The molecule has 4 rings (SSSR count). The van der Waals surface area contributed by atoms with E-state index in [1.807, 2.05) is 90.2 Å². The monoisotopic (exact) mass is 570 g/mol. The second-order valence-electron chi connectivity index (χ2n) is 6.90. The van der Waals surface area contributed by atoms with Gasteiger partial charge in [-0.15, -0.1) is 22.7 Å². The summed E-state index contributed by atoms with van der Waals surface area (Å²) in [4.78, 5) is 14.5. The average molecular weight is 571 g/mol. The summed E-state index contributed by atoms with van der Waals surface area (Å²) >= 11 is 5.24. The Morgan fingerprint density at radius 3 is 1.91 bits per heavy atom. The SMILES string of the molecule is CI.N#CCc1nc(-c2ccccc2)cs1.[C-]#[N+]C(C)(C)c1nc(-c2ccccc2)cs1. The Bertz CT molecular complexity index is 1170. The molecule has 4 nitrogen and oxygen atoms in total. The zero-order chi connectivity index (χ0) is 23.4. The molecule has 2 aromatic heterocycles. The van der Waals surface area contributed by atoms with E-state index in [-0.39, 0.29) is 0 Å². The van der Waals surface area contributed by atoms with Crippen LogP contribution in [0.4, 0.5) is 0 Å². The van der Waals surface area contributed by atoms with Gasteiger partial charge in [-0.05, 0) is 4.93 Å². The highest BCUT2D eigenvalue weighted by atomic mass is 127. The Kier molecular flexibility index (Phi) is 10.5. The molecule has 32 heavy (non-hydrogen) atoms. The summed E-state index contributed by atoms with van der Waals surface area (Å²) in [6, 6.07) is 22.1. The van der Waals surface area contributed by atoms with Crippen LogP contribution in [0, 0.1) is 17.9 Å². The van der Waals surface area contributed by atoms with E-state index in [9.17, 15) is 0 Å². The van der Waals surface area contributed by atoms with Crippen molar-refractivity contribution >= 4 is 45.3 Å². The van der Waals surface area contributed by atoms with E-state index >= 15 is 0 Å². The van der Waals surface area contributed by atoms with Gasteiger partial charge in [-0.1, -0.05) is 83.3 Å². The highest BCUT2D eigenvalue weighted by Crippen LogP contribution is 2.31. The van der Waals surface area contributed by atoms with Crippen LogP contribution in [-0.4, -0.2) is 14.9 Å². The fraction of sp³-hybridized carbons (Fsp3) is 0.200. The predicted octanol–water partition coefficient (Wildman–Crippen LogP) is 7.89. The highest BCUT2D eigenvalue weighted by molar-refractivity contribution is 14.1. The minimum Gasteiger partial charge on any atom is -0.303 e. The molecule has 2 aromatic carbocycles. The third-order valence-corrected chi connectivity index (χ3v) is 6.23. The van der Waals surface area contributed by atoms with Crippen LogP contribution >= 0.6 is 45.3 Å². The van der Waals surface area contributed by atoms with E-state index in [0.29, 0.717) is 6.42 Å². The Labute approximate surface area is 211 Å². The first-order chi connectivity index (χ1) is 15.5. The van der Waals surface area contributed by atoms with Gasteiger partial charge in [0, 0.05) is 35.7 Å². The Morgan fingerprint density at radius 2 is 1.41 bits per heavy atom. The molecule has 0 aliphatic rings. The summed E-state index contributed by atoms with van der Waals surface area (Å²) in [7, 11) is 0. The van der Waals surface area contributed by atoms with Crippen molar-refractivity contribution in [3.05, 3.63) is 92.9 Å². The van der Waals surface area contributed by atoms with Gasteiger partial charge in [0.25, 0.3) is 5.54 Å². The average Bonchev–Trinajstić information content (AvgIpc) is 3.53. The van der Waals surface area contributed by atoms with Gasteiger partial charge in [0.05, 0.1) is 23.9 Å². The topological polar surface area (TPSA) is 53.9 Å². The molecule has 0 aliphatic heterocycles. The molecule has 0 spiro atoms. The van der Waals surface area contributed by atoms with Gasteiger partial charge in [0.1, 0.15) is 5.01 Å². The van der Waals surface area contributed by atoms with E-state index in [2.05, 4.69) is 43.5 Å². The number of nitriles is 1. The quantitative estimate of drug-likeness (QED) is 0.142. The van der Waals surface area contributed by atoms with Crippen molar-refractivity contribution in [1.82, 2.24) is 9.97 Å². The summed E-state index contributed by atoms with van der Waals surface area (Å²) in [5.41, 5.74) is 3.61. The first-order valence-electron chi connectivity index (χ1n) is 9.68. The van der Waals surface area contributed by atoms with Crippen molar-refractivity contribution in [3.8, 4) is 28.6 Å². The van der Waals surface area contributed by atoms with Gasteiger partial charge in [-0.2, -0.15) is 5.26 Å². The lowest BCUT2D eigenvalue weighted by molar-refractivity contribution is 0.658. The minimum atomic E-state index is -0.516. The lowest BCUT2D eigenvalue weighted by Crippen LogP contribution is -2.10. The third-order valence-electron chi connectivity index (χ3n) is 4.23. The molecule has 7 heteroatoms. The van der Waals surface area contributed by atoms with E-state index < -0.39 is 5.54 Å². The molecule has 0 unspecified atom stereocenters. The Hall–Kier alpha value is -2.59. The maximum absolute atomic E-state index is 8.52. The number of nitrogens with zero attached hydrogens (tertiary/aromatic N) is 4. The second-order valence-corrected chi connectivity index (χ2v) is 8.70. The summed E-state index contributed by atoms with van der Waals surface area (Å²) in [5, 5.41) is 14.3. The summed E-state index contributed by atoms with van der Waals surface area (Å²) < 4.78 is 0. The molecule has 0 fully saturated rings. The van der Waals surface area contributed by atoms with Crippen LogP contribution in [0.2, 0.25) is 0 Å². The molecule has 0 saturated carbocycles. The van der Waals surface area contributed by atoms with Crippen molar-refractivity contribution in [2.45, 2.75) is 25.8 Å². The summed E-state index contributed by atoms with van der Waals surface area (Å²) in [5.74, 6) is 0. The Balaban J connectivity index is 0.000000212. The second kappa shape index (κ2) is 13.1. The molecule has 0 atom stereocenters. The number of alkyl halides is 1. The van der Waals surface area contributed by atoms with Crippen molar-refractivity contribution < 1.29 is 0 Å². The van der Waals surface area contributed by atoms with E-state index in [4.69, 9.17) is 11.8 Å². The molecule has 0 aliphatic carbocycles. The number of aromatic nitrogens is 2. The molecule has 162 valence electrons. The van der Waals surface area contributed by atoms with Crippen molar-refractivity contribution in [1.29, 1.82) is 5.26 Å². The van der Waals surface area contributed by atoms with Gasteiger partial charge in [0.2, 0.25) is 0 Å². The van der Waals surface area contributed by atoms with Gasteiger partial charge in [0.15, 0.2) is 5.01 Å². The maximum atomic E-state index is 8.52. The zero-order valence-corrected chi connectivity index (χ0v) is 21.9. The summed E-state index contributed by atoms with van der Waals surface area (Å²) in [6.07, 6.45) is 0.400. The fourth-order valence-corrected chi connectivity index (χ4v) is 4.18. The molecule has 4 aromatic rings. The number of hydrogen-bond donors (Lipinski definition) is 0. The third kappa shape index (κ3) is 7.23. The molecule has 0 bridgehead atoms. The van der Waals surface area contributed by atoms with E-state index in [1.165, 1.54) is 11.3 Å². The first-order valence-corrected chi connectivity index (χ1v) is 13.6. The zero-order valence-electron chi connectivity index (χ0n) is 18.1. The van der Waals surface area contributed by atoms with Gasteiger partial charge >= 0.3 is 0 Å². The maximum Gasteiger partial charge on any atom is 0.277 e. The normalized spacial score (nSPS) is 9.94.